The first-order valence-electron chi connectivity index (χ1n) is 8.94. The normalized spacial score (nSPS) is 16.1. The fourth-order valence-electron chi connectivity index (χ4n) is 3.00. The molecule has 2 amide bonds. The van der Waals surface area contributed by atoms with E-state index in [2.05, 4.69) is 5.32 Å². The quantitative estimate of drug-likeness (QED) is 0.667. The number of rotatable bonds is 6. The van der Waals surface area contributed by atoms with Crippen molar-refractivity contribution in [2.24, 2.45) is 5.73 Å². The zero-order valence-corrected chi connectivity index (χ0v) is 18.0. The van der Waals surface area contributed by atoms with Gasteiger partial charge in [0.1, 0.15) is 10.9 Å². The number of carbonyl (C=O) groups is 2. The summed E-state index contributed by atoms with van der Waals surface area (Å²) < 4.78 is 32.4. The van der Waals surface area contributed by atoms with E-state index in [4.69, 9.17) is 33.7 Å². The van der Waals surface area contributed by atoms with Crippen molar-refractivity contribution in [3.63, 3.8) is 0 Å². The fourth-order valence-corrected chi connectivity index (χ4v) is 5.24. The van der Waals surface area contributed by atoms with Gasteiger partial charge in [0.15, 0.2) is 0 Å². The lowest BCUT2D eigenvalue weighted by Crippen LogP contribution is -2.41. The number of nitrogens with two attached hydrogens (primary N) is 1. The second-order valence-electron chi connectivity index (χ2n) is 6.50. The summed E-state index contributed by atoms with van der Waals surface area (Å²) in [7, 11) is -3.97. The summed E-state index contributed by atoms with van der Waals surface area (Å²) in [5.41, 5.74) is 5.76. The number of benzene rings is 2. The molecule has 11 heteroatoms. The number of hydrogen-bond acceptors (Lipinski definition) is 5. The van der Waals surface area contributed by atoms with Gasteiger partial charge >= 0.3 is 0 Å². The lowest BCUT2D eigenvalue weighted by Gasteiger charge is -2.26. The molecule has 1 aliphatic heterocycles. The van der Waals surface area contributed by atoms with E-state index in [1.807, 2.05) is 0 Å². The van der Waals surface area contributed by atoms with Gasteiger partial charge in [-0.1, -0.05) is 53.5 Å². The highest BCUT2D eigenvalue weighted by molar-refractivity contribution is 7.89. The molecular weight excluding hydrogens is 453 g/mol. The zero-order valence-electron chi connectivity index (χ0n) is 15.7. The molecule has 8 nitrogen and oxygen atoms in total. The maximum absolute atomic E-state index is 13.0. The predicted octanol–water partition coefficient (Wildman–Crippen LogP) is 1.97. The molecule has 2 aromatic carbocycles. The molecular formula is C19H19Cl2N3O5S. The van der Waals surface area contributed by atoms with Crippen molar-refractivity contribution in [2.75, 3.05) is 26.3 Å². The summed E-state index contributed by atoms with van der Waals surface area (Å²) in [4.78, 5) is 24.5. The van der Waals surface area contributed by atoms with Gasteiger partial charge in [0, 0.05) is 13.1 Å². The number of nitrogens with zero attached hydrogens (tertiary/aromatic N) is 1. The molecule has 0 saturated carbocycles. The zero-order chi connectivity index (χ0) is 21.9. The van der Waals surface area contributed by atoms with Crippen LogP contribution in [0.5, 0.6) is 0 Å². The Morgan fingerprint density at radius 1 is 1.07 bits per heavy atom. The topological polar surface area (TPSA) is 119 Å². The number of ether oxygens (including phenoxy) is 1. The van der Waals surface area contributed by atoms with Crippen LogP contribution in [-0.2, 0) is 19.6 Å². The van der Waals surface area contributed by atoms with E-state index in [0.29, 0.717) is 5.56 Å². The Morgan fingerprint density at radius 2 is 1.70 bits per heavy atom. The van der Waals surface area contributed by atoms with Crippen LogP contribution in [0.2, 0.25) is 10.0 Å². The molecule has 1 heterocycles. The number of sulfonamides is 1. The first-order valence-corrected chi connectivity index (χ1v) is 11.1. The number of amides is 2. The second-order valence-corrected chi connectivity index (χ2v) is 9.22. The van der Waals surface area contributed by atoms with E-state index in [1.54, 1.807) is 30.3 Å². The first-order chi connectivity index (χ1) is 14.2. The third-order valence-corrected chi connectivity index (χ3v) is 7.22. The van der Waals surface area contributed by atoms with Gasteiger partial charge < -0.3 is 15.8 Å². The van der Waals surface area contributed by atoms with Crippen molar-refractivity contribution in [3.8, 4) is 0 Å². The maximum Gasteiger partial charge on any atom is 0.253 e. The third kappa shape index (κ3) is 4.76. The van der Waals surface area contributed by atoms with Crippen molar-refractivity contribution in [2.45, 2.75) is 10.9 Å². The van der Waals surface area contributed by atoms with E-state index in [1.165, 1.54) is 10.4 Å². The molecule has 1 atom stereocenters. The molecule has 3 N–H and O–H groups in total. The highest BCUT2D eigenvalue weighted by Gasteiger charge is 2.31. The van der Waals surface area contributed by atoms with E-state index in [0.717, 1.165) is 6.07 Å². The van der Waals surface area contributed by atoms with Crippen LogP contribution in [-0.4, -0.2) is 50.8 Å². The Bertz CT molecular complexity index is 1060. The SMILES string of the molecule is NC(=O)C(NC(=O)c1cc(S(=O)(=O)N2CCOCC2)c(Cl)cc1Cl)c1ccccc1. The van der Waals surface area contributed by atoms with Gasteiger partial charge in [-0.2, -0.15) is 4.31 Å². The van der Waals surface area contributed by atoms with Gasteiger partial charge in [-0.25, -0.2) is 8.42 Å². The molecule has 30 heavy (non-hydrogen) atoms. The van der Waals surface area contributed by atoms with Gasteiger partial charge in [-0.3, -0.25) is 9.59 Å². The largest absolute Gasteiger partial charge is 0.379 e. The minimum atomic E-state index is -3.97. The van der Waals surface area contributed by atoms with Crippen LogP contribution in [0.25, 0.3) is 0 Å². The Morgan fingerprint density at radius 3 is 2.30 bits per heavy atom. The smallest absolute Gasteiger partial charge is 0.253 e. The molecule has 1 aliphatic rings. The summed E-state index contributed by atoms with van der Waals surface area (Å²) >= 11 is 12.3. The van der Waals surface area contributed by atoms with Gasteiger partial charge in [0.05, 0.1) is 28.8 Å². The Labute approximate surface area is 183 Å². The molecule has 160 valence electrons. The number of halogens is 2. The minimum Gasteiger partial charge on any atom is -0.379 e. The van der Waals surface area contributed by atoms with Crippen LogP contribution in [0, 0.1) is 0 Å². The van der Waals surface area contributed by atoms with Crippen molar-refractivity contribution in [3.05, 3.63) is 63.6 Å². The molecule has 2 aromatic rings. The van der Waals surface area contributed by atoms with Crippen LogP contribution < -0.4 is 11.1 Å². The molecule has 0 radical (unpaired) electrons. The summed E-state index contributed by atoms with van der Waals surface area (Å²) in [6.45, 7) is 0.853. The lowest BCUT2D eigenvalue weighted by atomic mass is 10.1. The Hall–Kier alpha value is -2.17. The third-order valence-electron chi connectivity index (χ3n) is 4.55. The molecule has 0 spiro atoms. The van der Waals surface area contributed by atoms with Crippen molar-refractivity contribution < 1.29 is 22.7 Å². The van der Waals surface area contributed by atoms with E-state index in [9.17, 15) is 18.0 Å². The summed E-state index contributed by atoms with van der Waals surface area (Å²) in [6.07, 6.45) is 0. The predicted molar refractivity (Wildman–Crippen MR) is 112 cm³/mol. The van der Waals surface area contributed by atoms with Gasteiger partial charge in [-0.15, -0.1) is 0 Å². The summed E-state index contributed by atoms with van der Waals surface area (Å²) in [5, 5.41) is 2.32. The van der Waals surface area contributed by atoms with Crippen molar-refractivity contribution >= 4 is 45.0 Å². The number of primary amides is 1. The van der Waals surface area contributed by atoms with Gasteiger partial charge in [-0.05, 0) is 17.7 Å². The average molecular weight is 472 g/mol. The molecule has 0 bridgehead atoms. The minimum absolute atomic E-state index is 0.0605. The molecule has 1 unspecified atom stereocenters. The summed E-state index contributed by atoms with van der Waals surface area (Å²) in [5.74, 6) is -1.54. The monoisotopic (exact) mass is 471 g/mol. The maximum atomic E-state index is 13.0. The molecule has 3 rings (SSSR count). The van der Waals surface area contributed by atoms with Crippen LogP contribution >= 0.6 is 23.2 Å². The summed E-state index contributed by atoms with van der Waals surface area (Å²) in [6, 6.07) is 9.58. The van der Waals surface area contributed by atoms with Gasteiger partial charge in [0.2, 0.25) is 15.9 Å². The standard InChI is InChI=1S/C19H19Cl2N3O5S/c20-14-11-15(21)16(30(27,28)24-6-8-29-9-7-24)10-13(14)19(26)23-17(18(22)25)12-4-2-1-3-5-12/h1-5,10-11,17H,6-9H2,(H2,22,25)(H,23,26). The second kappa shape index (κ2) is 9.32. The average Bonchev–Trinajstić information content (AvgIpc) is 2.72. The fraction of sp³-hybridized carbons (Fsp3) is 0.263. The lowest BCUT2D eigenvalue weighted by molar-refractivity contribution is -0.120. The molecule has 0 aromatic heterocycles. The number of nitrogens with one attached hydrogen (secondary N) is 1. The van der Waals surface area contributed by atoms with Crippen LogP contribution in [0.4, 0.5) is 0 Å². The van der Waals surface area contributed by atoms with E-state index in [-0.39, 0.29) is 46.8 Å². The van der Waals surface area contributed by atoms with Crippen LogP contribution in [0.3, 0.4) is 0 Å². The van der Waals surface area contributed by atoms with Crippen molar-refractivity contribution in [1.82, 2.24) is 9.62 Å². The number of morpholine rings is 1. The molecule has 1 fully saturated rings. The van der Waals surface area contributed by atoms with E-state index >= 15 is 0 Å². The van der Waals surface area contributed by atoms with Gasteiger partial charge in [0.25, 0.3) is 5.91 Å². The first kappa shape index (κ1) is 22.5. The highest BCUT2D eigenvalue weighted by Crippen LogP contribution is 2.31. The Balaban J connectivity index is 1.95. The van der Waals surface area contributed by atoms with Crippen LogP contribution in [0.1, 0.15) is 22.0 Å². The van der Waals surface area contributed by atoms with Crippen molar-refractivity contribution in [1.29, 1.82) is 0 Å². The van der Waals surface area contributed by atoms with E-state index < -0.39 is 27.9 Å². The van der Waals surface area contributed by atoms with Crippen LogP contribution in [0.15, 0.2) is 47.4 Å². The molecule has 0 aliphatic carbocycles. The highest BCUT2D eigenvalue weighted by atomic mass is 35.5. The molecule has 1 saturated heterocycles. The Kier molecular flexibility index (Phi) is 6.99. The number of carbonyl (C=O) groups excluding carboxylic acids is 2. The number of hydrogen-bond donors (Lipinski definition) is 2.